The smallest absolute Gasteiger partial charge is 0.272 e. The van der Waals surface area contributed by atoms with E-state index in [1.165, 1.54) is 0 Å². The summed E-state index contributed by atoms with van der Waals surface area (Å²) in [6, 6.07) is 11.3. The van der Waals surface area contributed by atoms with E-state index in [0.717, 1.165) is 28.6 Å². The molecule has 2 amide bonds. The summed E-state index contributed by atoms with van der Waals surface area (Å²) in [4.78, 5) is 41.3. The van der Waals surface area contributed by atoms with Gasteiger partial charge in [-0.25, -0.2) is 5.10 Å². The number of carbonyl (C=O) groups is 2. The first-order valence-corrected chi connectivity index (χ1v) is 12.5. The lowest BCUT2D eigenvalue weighted by molar-refractivity contribution is -0.131. The quantitative estimate of drug-likeness (QED) is 0.565. The first-order chi connectivity index (χ1) is 17.5. The lowest BCUT2D eigenvalue weighted by Crippen LogP contribution is -2.52. The van der Waals surface area contributed by atoms with Crippen LogP contribution in [0.3, 0.4) is 0 Å². The van der Waals surface area contributed by atoms with Crippen molar-refractivity contribution in [2.75, 3.05) is 46.4 Å². The fraction of sp³-hybridized carbons (Fsp3) is 0.407. The van der Waals surface area contributed by atoms with Crippen molar-refractivity contribution < 1.29 is 14.3 Å². The highest BCUT2D eigenvalue weighted by molar-refractivity contribution is 5.98. The molecule has 190 valence electrons. The molecule has 9 heteroatoms. The number of nitrogens with zero attached hydrogens (tertiary/aromatic N) is 3. The Morgan fingerprint density at radius 1 is 1.06 bits per heavy atom. The molecule has 0 atom stereocenters. The number of aromatic nitrogens is 2. The van der Waals surface area contributed by atoms with Crippen molar-refractivity contribution in [2.45, 2.75) is 26.7 Å². The van der Waals surface area contributed by atoms with Crippen LogP contribution in [0.15, 0.2) is 41.2 Å². The second-order valence-corrected chi connectivity index (χ2v) is 8.66. The number of H-pyrrole nitrogens is 1. The van der Waals surface area contributed by atoms with Crippen molar-refractivity contribution in [3.8, 4) is 5.75 Å². The summed E-state index contributed by atoms with van der Waals surface area (Å²) in [5.41, 5.74) is 3.04. The number of carbonyl (C=O) groups excluding carboxylic acids is 2. The Balaban J connectivity index is 0.00000148. The number of amides is 2. The van der Waals surface area contributed by atoms with Crippen LogP contribution in [0.4, 0.5) is 0 Å². The average Bonchev–Trinajstić information content (AvgIpc) is 3.40. The number of nitrogens with one attached hydrogen (secondary N) is 2. The Hall–Kier alpha value is -3.72. The summed E-state index contributed by atoms with van der Waals surface area (Å²) in [7, 11) is 1.75. The number of benzene rings is 2. The van der Waals surface area contributed by atoms with Gasteiger partial charge in [-0.05, 0) is 30.3 Å². The summed E-state index contributed by atoms with van der Waals surface area (Å²) >= 11 is 0. The second kappa shape index (κ2) is 11.3. The standard InChI is InChI=1S/C25H27N5O4.C2H6/c1-26-15-22(31)29-7-9-30(10-8-29)25(33)20-13-16(12-17-6-11-34-23(17)20)14-21-18-4-2-3-5-19(18)24(32)28-27-21;1-2/h2-5,12-13,26H,6-11,14-15H2,1H3,(H,28,32);1-2H3. The third kappa shape index (κ3) is 5.11. The fourth-order valence-electron chi connectivity index (χ4n) is 4.73. The predicted molar refractivity (Wildman–Crippen MR) is 139 cm³/mol. The fourth-order valence-corrected chi connectivity index (χ4v) is 4.73. The Bertz CT molecular complexity index is 1310. The molecule has 2 aromatic carbocycles. The molecule has 5 rings (SSSR count). The van der Waals surface area contributed by atoms with E-state index in [0.29, 0.717) is 62.5 Å². The maximum atomic E-state index is 13.5. The molecule has 0 radical (unpaired) electrons. The molecular weight excluding hydrogens is 458 g/mol. The highest BCUT2D eigenvalue weighted by atomic mass is 16.5. The first kappa shape index (κ1) is 25.4. The van der Waals surface area contributed by atoms with Gasteiger partial charge >= 0.3 is 0 Å². The van der Waals surface area contributed by atoms with Crippen LogP contribution in [0.1, 0.15) is 41.0 Å². The Morgan fingerprint density at radius 3 is 2.47 bits per heavy atom. The van der Waals surface area contributed by atoms with Crippen LogP contribution >= 0.6 is 0 Å². The first-order valence-electron chi connectivity index (χ1n) is 12.5. The number of ether oxygens (including phenoxy) is 1. The number of piperazine rings is 1. The lowest BCUT2D eigenvalue weighted by Gasteiger charge is -2.35. The van der Waals surface area contributed by atoms with E-state index in [9.17, 15) is 14.4 Å². The molecule has 3 heterocycles. The second-order valence-electron chi connectivity index (χ2n) is 8.66. The van der Waals surface area contributed by atoms with Crippen LogP contribution in [-0.2, 0) is 17.6 Å². The zero-order valence-electron chi connectivity index (χ0n) is 21.1. The van der Waals surface area contributed by atoms with Crippen LogP contribution in [0.2, 0.25) is 0 Å². The maximum absolute atomic E-state index is 13.5. The molecule has 2 aliphatic heterocycles. The zero-order valence-corrected chi connectivity index (χ0v) is 21.1. The van der Waals surface area contributed by atoms with Crippen LogP contribution in [-0.4, -0.2) is 78.2 Å². The lowest BCUT2D eigenvalue weighted by atomic mass is 9.98. The molecule has 0 spiro atoms. The third-order valence-corrected chi connectivity index (χ3v) is 6.47. The number of hydrogen-bond donors (Lipinski definition) is 2. The topological polar surface area (TPSA) is 108 Å². The molecule has 1 saturated heterocycles. The Morgan fingerprint density at radius 2 is 1.75 bits per heavy atom. The zero-order chi connectivity index (χ0) is 25.7. The number of rotatable bonds is 5. The van der Waals surface area contributed by atoms with Crippen LogP contribution in [0.5, 0.6) is 5.75 Å². The van der Waals surface area contributed by atoms with Crippen LogP contribution in [0, 0.1) is 0 Å². The summed E-state index contributed by atoms with van der Waals surface area (Å²) in [6.45, 7) is 6.85. The number of likely N-dealkylation sites (N-methyl/N-ethyl adjacent to an activating group) is 1. The molecule has 1 aromatic heterocycles. The van der Waals surface area contributed by atoms with Crippen molar-refractivity contribution in [1.82, 2.24) is 25.3 Å². The molecule has 2 N–H and O–H groups in total. The van der Waals surface area contributed by atoms with Gasteiger partial charge in [0, 0.05) is 44.4 Å². The highest BCUT2D eigenvalue weighted by Crippen LogP contribution is 2.33. The van der Waals surface area contributed by atoms with Gasteiger partial charge in [-0.2, -0.15) is 5.10 Å². The molecule has 9 nitrogen and oxygen atoms in total. The van der Waals surface area contributed by atoms with E-state index >= 15 is 0 Å². The molecule has 36 heavy (non-hydrogen) atoms. The molecule has 2 aliphatic rings. The van der Waals surface area contributed by atoms with E-state index in [4.69, 9.17) is 4.74 Å². The number of hydrogen-bond acceptors (Lipinski definition) is 6. The van der Waals surface area contributed by atoms with Gasteiger partial charge in [0.05, 0.1) is 29.8 Å². The van der Waals surface area contributed by atoms with Crippen LogP contribution in [0.25, 0.3) is 10.8 Å². The minimum absolute atomic E-state index is 0.0430. The largest absolute Gasteiger partial charge is 0.492 e. The molecule has 0 unspecified atom stereocenters. The van der Waals surface area contributed by atoms with Crippen molar-refractivity contribution in [3.05, 3.63) is 69.1 Å². The third-order valence-electron chi connectivity index (χ3n) is 6.47. The predicted octanol–water partition coefficient (Wildman–Crippen LogP) is 1.98. The molecular formula is C27H33N5O4. The Labute approximate surface area is 210 Å². The highest BCUT2D eigenvalue weighted by Gasteiger charge is 2.29. The summed E-state index contributed by atoms with van der Waals surface area (Å²) < 4.78 is 5.84. The van der Waals surface area contributed by atoms with Gasteiger partial charge in [0.1, 0.15) is 5.75 Å². The molecule has 3 aromatic rings. The number of aromatic amines is 1. The van der Waals surface area contributed by atoms with Gasteiger partial charge in [-0.3, -0.25) is 14.4 Å². The van der Waals surface area contributed by atoms with E-state index in [-0.39, 0.29) is 17.4 Å². The van der Waals surface area contributed by atoms with Crippen molar-refractivity contribution in [3.63, 3.8) is 0 Å². The maximum Gasteiger partial charge on any atom is 0.272 e. The molecule has 0 bridgehead atoms. The monoisotopic (exact) mass is 491 g/mol. The average molecular weight is 492 g/mol. The van der Waals surface area contributed by atoms with Gasteiger partial charge in [0.15, 0.2) is 0 Å². The van der Waals surface area contributed by atoms with E-state index in [2.05, 4.69) is 21.6 Å². The molecule has 0 saturated carbocycles. The summed E-state index contributed by atoms with van der Waals surface area (Å²) in [5, 5.41) is 11.2. The Kier molecular flexibility index (Phi) is 8.00. The van der Waals surface area contributed by atoms with E-state index in [1.807, 2.05) is 38.1 Å². The minimum atomic E-state index is -0.218. The summed E-state index contributed by atoms with van der Waals surface area (Å²) in [5.74, 6) is 0.614. The van der Waals surface area contributed by atoms with Crippen molar-refractivity contribution >= 4 is 22.6 Å². The summed E-state index contributed by atoms with van der Waals surface area (Å²) in [6.07, 6.45) is 1.23. The minimum Gasteiger partial charge on any atom is -0.492 e. The van der Waals surface area contributed by atoms with E-state index in [1.54, 1.807) is 22.9 Å². The van der Waals surface area contributed by atoms with Gasteiger partial charge in [0.25, 0.3) is 11.5 Å². The van der Waals surface area contributed by atoms with Gasteiger partial charge in [-0.15, -0.1) is 0 Å². The van der Waals surface area contributed by atoms with E-state index < -0.39 is 0 Å². The van der Waals surface area contributed by atoms with Crippen molar-refractivity contribution in [2.24, 2.45) is 0 Å². The normalized spacial score (nSPS) is 14.6. The van der Waals surface area contributed by atoms with Gasteiger partial charge < -0.3 is 19.9 Å². The van der Waals surface area contributed by atoms with Crippen molar-refractivity contribution in [1.29, 1.82) is 0 Å². The SMILES string of the molecule is CC.CNCC(=O)N1CCN(C(=O)c2cc(Cc3n[nH]c(=O)c4ccccc34)cc3c2OCC3)CC1. The number of fused-ring (bicyclic) bond motifs is 2. The molecule has 1 fully saturated rings. The van der Waals surface area contributed by atoms with Crippen LogP contribution < -0.4 is 15.6 Å². The van der Waals surface area contributed by atoms with Gasteiger partial charge in [0.2, 0.25) is 5.91 Å². The van der Waals surface area contributed by atoms with Gasteiger partial charge in [-0.1, -0.05) is 38.1 Å². The molecule has 0 aliphatic carbocycles.